The number of piperazine rings is 1. The Morgan fingerprint density at radius 2 is 1.77 bits per heavy atom. The van der Waals surface area contributed by atoms with E-state index < -0.39 is 5.60 Å². The molecule has 0 spiro atoms. The lowest BCUT2D eigenvalue weighted by molar-refractivity contribution is -0.146. The molecule has 2 amide bonds. The minimum absolute atomic E-state index is 0.0317. The highest BCUT2D eigenvalue weighted by atomic mass is 16.3. The maximum absolute atomic E-state index is 13.0. The molecule has 1 saturated heterocycles. The van der Waals surface area contributed by atoms with Crippen molar-refractivity contribution in [2.24, 2.45) is 7.05 Å². The molecule has 2 aromatic carbocycles. The quantitative estimate of drug-likeness (QED) is 0.709. The number of hydrogen-bond donors (Lipinski definition) is 1. The predicted octanol–water partition coefficient (Wildman–Crippen LogP) is 2.44. The van der Waals surface area contributed by atoms with Crippen LogP contribution >= 0.6 is 0 Å². The molecule has 7 nitrogen and oxygen atoms in total. The lowest BCUT2D eigenvalue weighted by atomic mass is 10.0. The number of hydrogen-bond acceptors (Lipinski definition) is 4. The Labute approximate surface area is 180 Å². The van der Waals surface area contributed by atoms with E-state index in [1.54, 1.807) is 14.5 Å². The third-order valence-corrected chi connectivity index (χ3v) is 6.38. The van der Waals surface area contributed by atoms with E-state index in [1.165, 1.54) is 0 Å². The summed E-state index contributed by atoms with van der Waals surface area (Å²) in [5.41, 5.74) is 2.51. The van der Waals surface area contributed by atoms with Crippen LogP contribution in [0.25, 0.3) is 22.0 Å². The number of carbonyl (C=O) groups is 2. The van der Waals surface area contributed by atoms with Crippen LogP contribution in [-0.2, 0) is 11.8 Å². The third kappa shape index (κ3) is 3.59. The zero-order chi connectivity index (χ0) is 21.8. The Kier molecular flexibility index (Phi) is 4.59. The van der Waals surface area contributed by atoms with E-state index in [-0.39, 0.29) is 17.9 Å². The van der Waals surface area contributed by atoms with Crippen molar-refractivity contribution in [2.75, 3.05) is 19.6 Å². The van der Waals surface area contributed by atoms with Crippen LogP contribution in [0.2, 0.25) is 0 Å². The van der Waals surface area contributed by atoms with Crippen LogP contribution in [0.15, 0.2) is 48.7 Å². The molecule has 2 aliphatic rings. The predicted molar refractivity (Wildman–Crippen MR) is 117 cm³/mol. The second-order valence-electron chi connectivity index (χ2n) is 8.78. The van der Waals surface area contributed by atoms with Crippen LogP contribution in [0.4, 0.5) is 0 Å². The summed E-state index contributed by atoms with van der Waals surface area (Å²) >= 11 is 0. The molecule has 7 heteroatoms. The Bertz CT molecular complexity index is 1160. The van der Waals surface area contributed by atoms with Gasteiger partial charge in [0.15, 0.2) is 0 Å². The molecule has 1 aliphatic heterocycles. The van der Waals surface area contributed by atoms with Crippen LogP contribution in [0, 0.1) is 0 Å². The molecule has 31 heavy (non-hydrogen) atoms. The first-order valence-electron chi connectivity index (χ1n) is 10.7. The van der Waals surface area contributed by atoms with Gasteiger partial charge in [-0.25, -0.2) is 0 Å². The molecule has 0 bridgehead atoms. The second kappa shape index (κ2) is 7.20. The highest BCUT2D eigenvalue weighted by Gasteiger charge is 2.51. The van der Waals surface area contributed by atoms with Crippen LogP contribution in [0.1, 0.15) is 30.1 Å². The average molecular weight is 418 g/mol. The Hall–Kier alpha value is -3.19. The lowest BCUT2D eigenvalue weighted by Crippen LogP contribution is -2.57. The number of aliphatic hydroxyl groups is 1. The molecule has 1 aromatic heterocycles. The Morgan fingerprint density at radius 3 is 2.45 bits per heavy atom. The molecule has 2 fully saturated rings. The first-order valence-corrected chi connectivity index (χ1v) is 10.7. The summed E-state index contributed by atoms with van der Waals surface area (Å²) in [6.45, 7) is 3.33. The Balaban J connectivity index is 1.28. The molecule has 1 saturated carbocycles. The first-order chi connectivity index (χ1) is 14.8. The molecule has 1 N–H and O–H groups in total. The van der Waals surface area contributed by atoms with E-state index in [4.69, 9.17) is 0 Å². The smallest absolute Gasteiger partial charge is 0.254 e. The fourth-order valence-electron chi connectivity index (χ4n) is 4.35. The molecule has 1 atom stereocenters. The van der Waals surface area contributed by atoms with Gasteiger partial charge >= 0.3 is 0 Å². The standard InChI is InChI=1S/C24H26N4O3/c1-16-14-27(11-12-28(16)23(30)24(31)9-10-24)22(29)18-5-3-17(4-6-18)19-7-8-20-15-26(2)25-21(20)13-19/h3-8,13,15-16,31H,9-12,14H2,1-2H3. The topological polar surface area (TPSA) is 78.7 Å². The number of nitrogens with zero attached hydrogens (tertiary/aromatic N) is 4. The molecule has 2 heterocycles. The summed E-state index contributed by atoms with van der Waals surface area (Å²) in [4.78, 5) is 29.0. The monoisotopic (exact) mass is 418 g/mol. The number of aromatic nitrogens is 2. The van der Waals surface area contributed by atoms with Gasteiger partial charge in [0.2, 0.25) is 0 Å². The van der Waals surface area contributed by atoms with Crippen molar-refractivity contribution in [2.45, 2.75) is 31.4 Å². The molecule has 160 valence electrons. The van der Waals surface area contributed by atoms with Crippen molar-refractivity contribution in [3.63, 3.8) is 0 Å². The summed E-state index contributed by atoms with van der Waals surface area (Å²) in [5, 5.41) is 15.7. The zero-order valence-corrected chi connectivity index (χ0v) is 17.8. The van der Waals surface area contributed by atoms with Crippen LogP contribution in [0.3, 0.4) is 0 Å². The summed E-state index contributed by atoms with van der Waals surface area (Å²) < 4.78 is 1.80. The van der Waals surface area contributed by atoms with Gasteiger partial charge in [-0.3, -0.25) is 14.3 Å². The maximum Gasteiger partial charge on any atom is 0.254 e. The number of aryl methyl sites for hydroxylation is 1. The summed E-state index contributed by atoms with van der Waals surface area (Å²) in [5.74, 6) is -0.225. The molecule has 1 aliphatic carbocycles. The van der Waals surface area contributed by atoms with Gasteiger partial charge in [-0.05, 0) is 49.1 Å². The van der Waals surface area contributed by atoms with E-state index in [9.17, 15) is 14.7 Å². The van der Waals surface area contributed by atoms with E-state index >= 15 is 0 Å². The van der Waals surface area contributed by atoms with Crippen LogP contribution in [-0.4, -0.2) is 67.8 Å². The lowest BCUT2D eigenvalue weighted by Gasteiger charge is -2.40. The van der Waals surface area contributed by atoms with E-state index in [1.807, 2.05) is 44.4 Å². The van der Waals surface area contributed by atoms with Crippen molar-refractivity contribution in [1.29, 1.82) is 0 Å². The van der Waals surface area contributed by atoms with Gasteiger partial charge in [-0.2, -0.15) is 5.10 Å². The number of carbonyl (C=O) groups excluding carboxylic acids is 2. The number of amides is 2. The van der Waals surface area contributed by atoms with Gasteiger partial charge in [-0.15, -0.1) is 0 Å². The van der Waals surface area contributed by atoms with E-state index in [0.29, 0.717) is 38.0 Å². The zero-order valence-electron chi connectivity index (χ0n) is 17.8. The van der Waals surface area contributed by atoms with E-state index in [2.05, 4.69) is 23.3 Å². The van der Waals surface area contributed by atoms with Gasteiger partial charge in [0.05, 0.1) is 5.52 Å². The SMILES string of the molecule is CC1CN(C(=O)c2ccc(-c3ccc4cn(C)nc4c3)cc2)CCN1C(=O)C1(O)CC1. The summed E-state index contributed by atoms with van der Waals surface area (Å²) in [6, 6.07) is 13.7. The molecule has 0 radical (unpaired) electrons. The van der Waals surface area contributed by atoms with Gasteiger partial charge in [0.1, 0.15) is 5.60 Å². The van der Waals surface area contributed by atoms with Crippen molar-refractivity contribution >= 4 is 22.7 Å². The molecule has 5 rings (SSSR count). The number of benzene rings is 2. The number of fused-ring (bicyclic) bond motifs is 1. The minimum Gasteiger partial charge on any atom is -0.380 e. The van der Waals surface area contributed by atoms with E-state index in [0.717, 1.165) is 22.0 Å². The molecule has 3 aromatic rings. The minimum atomic E-state index is -1.16. The summed E-state index contributed by atoms with van der Waals surface area (Å²) in [7, 11) is 1.91. The van der Waals surface area contributed by atoms with Crippen LogP contribution < -0.4 is 0 Å². The average Bonchev–Trinajstić information content (AvgIpc) is 3.41. The van der Waals surface area contributed by atoms with Gasteiger partial charge in [-0.1, -0.05) is 24.3 Å². The molecular weight excluding hydrogens is 392 g/mol. The molecule has 1 unspecified atom stereocenters. The van der Waals surface area contributed by atoms with Crippen molar-refractivity contribution in [1.82, 2.24) is 19.6 Å². The fraction of sp³-hybridized carbons (Fsp3) is 0.375. The number of rotatable bonds is 3. The van der Waals surface area contributed by atoms with Gasteiger partial charge in [0.25, 0.3) is 11.8 Å². The highest BCUT2D eigenvalue weighted by molar-refractivity contribution is 5.95. The highest BCUT2D eigenvalue weighted by Crippen LogP contribution is 2.37. The van der Waals surface area contributed by atoms with Crippen LogP contribution in [0.5, 0.6) is 0 Å². The van der Waals surface area contributed by atoms with Gasteiger partial charge in [0, 0.05) is 49.9 Å². The largest absolute Gasteiger partial charge is 0.380 e. The second-order valence-corrected chi connectivity index (χ2v) is 8.78. The maximum atomic E-state index is 13.0. The van der Waals surface area contributed by atoms with Crippen molar-refractivity contribution in [3.8, 4) is 11.1 Å². The van der Waals surface area contributed by atoms with Gasteiger partial charge < -0.3 is 14.9 Å². The Morgan fingerprint density at radius 1 is 1.06 bits per heavy atom. The molecular formula is C24H26N4O3. The van der Waals surface area contributed by atoms with Crippen molar-refractivity contribution in [3.05, 3.63) is 54.2 Å². The van der Waals surface area contributed by atoms with Crippen molar-refractivity contribution < 1.29 is 14.7 Å². The summed E-state index contributed by atoms with van der Waals surface area (Å²) in [6.07, 6.45) is 3.06. The fourth-order valence-corrected chi connectivity index (χ4v) is 4.35. The first kappa shape index (κ1) is 19.8. The normalized spacial score (nSPS) is 20.2. The third-order valence-electron chi connectivity index (χ3n) is 6.38.